The molecule has 1 unspecified atom stereocenters. The molecule has 4 nitrogen and oxygen atoms in total. The Morgan fingerprint density at radius 2 is 2.24 bits per heavy atom. The Balaban J connectivity index is 2.01. The van der Waals surface area contributed by atoms with Crippen molar-refractivity contribution in [3.05, 3.63) is 18.0 Å². The molecule has 17 heavy (non-hydrogen) atoms. The summed E-state index contributed by atoms with van der Waals surface area (Å²) in [6, 6.07) is 0.523. The van der Waals surface area contributed by atoms with Crippen LogP contribution in [0.1, 0.15) is 63.0 Å². The first-order valence-electron chi connectivity index (χ1n) is 6.42. The summed E-state index contributed by atoms with van der Waals surface area (Å²) in [6.07, 6.45) is 10.3. The Morgan fingerprint density at radius 3 is 2.88 bits per heavy atom. The summed E-state index contributed by atoms with van der Waals surface area (Å²) >= 11 is 0. The minimum Gasteiger partial charge on any atom is -0.481 e. The zero-order valence-corrected chi connectivity index (χ0v) is 10.3. The number of aromatic nitrogens is 2. The molecule has 2 rings (SSSR count). The molecule has 0 spiro atoms. The Morgan fingerprint density at radius 1 is 1.53 bits per heavy atom. The van der Waals surface area contributed by atoms with Crippen LogP contribution < -0.4 is 0 Å². The van der Waals surface area contributed by atoms with E-state index < -0.39 is 5.97 Å². The van der Waals surface area contributed by atoms with E-state index in [1.807, 2.05) is 24.0 Å². The molecule has 1 aliphatic rings. The fourth-order valence-electron chi connectivity index (χ4n) is 2.53. The summed E-state index contributed by atoms with van der Waals surface area (Å²) in [5.74, 6) is -0.701. The first-order valence-corrected chi connectivity index (χ1v) is 6.42. The Bertz CT molecular complexity index is 381. The third kappa shape index (κ3) is 3.08. The highest BCUT2D eigenvalue weighted by Crippen LogP contribution is 2.28. The molecule has 1 saturated carbocycles. The molecular formula is C13H20N2O2. The molecule has 1 aromatic rings. The van der Waals surface area contributed by atoms with Gasteiger partial charge in [0, 0.05) is 6.20 Å². The van der Waals surface area contributed by atoms with Crippen molar-refractivity contribution >= 4 is 5.97 Å². The van der Waals surface area contributed by atoms with Gasteiger partial charge in [0.2, 0.25) is 0 Å². The van der Waals surface area contributed by atoms with Gasteiger partial charge in [-0.05, 0) is 24.3 Å². The highest BCUT2D eigenvalue weighted by atomic mass is 16.4. The molecule has 1 aliphatic carbocycles. The normalized spacial score (nSPS) is 19.1. The van der Waals surface area contributed by atoms with E-state index in [1.165, 1.54) is 32.1 Å². The van der Waals surface area contributed by atoms with Crippen molar-refractivity contribution < 1.29 is 9.90 Å². The van der Waals surface area contributed by atoms with Crippen molar-refractivity contribution in [2.24, 2.45) is 0 Å². The third-order valence-corrected chi connectivity index (χ3v) is 3.62. The van der Waals surface area contributed by atoms with Crippen LogP contribution in [0.15, 0.2) is 12.4 Å². The SMILES string of the molecule is CC(CC(=O)O)c1cnn(C2CCCCC2)c1. The topological polar surface area (TPSA) is 55.1 Å². The van der Waals surface area contributed by atoms with Crippen molar-refractivity contribution in [1.82, 2.24) is 9.78 Å². The molecule has 1 heterocycles. The number of aliphatic carboxylic acids is 1. The Kier molecular flexibility index (Phi) is 3.82. The highest BCUT2D eigenvalue weighted by Gasteiger charge is 2.18. The lowest BCUT2D eigenvalue weighted by atomic mass is 9.95. The summed E-state index contributed by atoms with van der Waals surface area (Å²) in [5.41, 5.74) is 1.04. The van der Waals surface area contributed by atoms with Crippen LogP contribution in [0.4, 0.5) is 0 Å². The lowest BCUT2D eigenvalue weighted by Gasteiger charge is -2.21. The van der Waals surface area contributed by atoms with Crippen LogP contribution in [-0.4, -0.2) is 20.9 Å². The van der Waals surface area contributed by atoms with Gasteiger partial charge in [0.25, 0.3) is 0 Å². The lowest BCUT2D eigenvalue weighted by Crippen LogP contribution is -2.13. The predicted molar refractivity (Wildman–Crippen MR) is 65.0 cm³/mol. The summed E-state index contributed by atoms with van der Waals surface area (Å²) in [7, 11) is 0. The maximum absolute atomic E-state index is 10.7. The molecule has 1 atom stereocenters. The molecule has 94 valence electrons. The number of carboxylic acids is 1. The molecule has 0 radical (unpaired) electrons. The number of nitrogens with zero attached hydrogens (tertiary/aromatic N) is 2. The number of carbonyl (C=O) groups is 1. The van der Waals surface area contributed by atoms with Gasteiger partial charge in [-0.15, -0.1) is 0 Å². The second-order valence-electron chi connectivity index (χ2n) is 5.04. The Labute approximate surface area is 102 Å². The maximum Gasteiger partial charge on any atom is 0.303 e. The van der Waals surface area contributed by atoms with Crippen LogP contribution in [0.5, 0.6) is 0 Å². The summed E-state index contributed by atoms with van der Waals surface area (Å²) in [5, 5.41) is 13.2. The van der Waals surface area contributed by atoms with Crippen molar-refractivity contribution in [3.63, 3.8) is 0 Å². The zero-order chi connectivity index (χ0) is 12.3. The molecule has 1 fully saturated rings. The van der Waals surface area contributed by atoms with Crippen LogP contribution in [0.2, 0.25) is 0 Å². The van der Waals surface area contributed by atoms with E-state index in [0.717, 1.165) is 5.56 Å². The van der Waals surface area contributed by atoms with Crippen molar-refractivity contribution in [3.8, 4) is 0 Å². The number of carboxylic acid groups (broad SMARTS) is 1. The van der Waals surface area contributed by atoms with Gasteiger partial charge in [0.05, 0.1) is 18.7 Å². The molecule has 0 aromatic carbocycles. The van der Waals surface area contributed by atoms with Crippen LogP contribution in [-0.2, 0) is 4.79 Å². The molecule has 0 amide bonds. The highest BCUT2D eigenvalue weighted by molar-refractivity contribution is 5.67. The molecule has 0 bridgehead atoms. The molecule has 4 heteroatoms. The summed E-state index contributed by atoms with van der Waals surface area (Å²) < 4.78 is 2.03. The van der Waals surface area contributed by atoms with Gasteiger partial charge in [0.1, 0.15) is 0 Å². The van der Waals surface area contributed by atoms with Gasteiger partial charge < -0.3 is 5.11 Å². The van der Waals surface area contributed by atoms with E-state index in [2.05, 4.69) is 5.10 Å². The van der Waals surface area contributed by atoms with Crippen molar-refractivity contribution in [2.45, 2.75) is 57.4 Å². The first-order chi connectivity index (χ1) is 8.16. The van der Waals surface area contributed by atoms with E-state index in [9.17, 15) is 4.79 Å². The zero-order valence-electron chi connectivity index (χ0n) is 10.3. The number of hydrogen-bond donors (Lipinski definition) is 1. The molecule has 0 saturated heterocycles. The van der Waals surface area contributed by atoms with E-state index in [1.54, 1.807) is 0 Å². The van der Waals surface area contributed by atoms with Crippen LogP contribution >= 0.6 is 0 Å². The predicted octanol–water partition coefficient (Wildman–Crippen LogP) is 2.97. The minimum absolute atomic E-state index is 0.0461. The first kappa shape index (κ1) is 12.1. The molecule has 1 N–H and O–H groups in total. The van der Waals surface area contributed by atoms with Gasteiger partial charge in [-0.25, -0.2) is 0 Å². The monoisotopic (exact) mass is 236 g/mol. The molecule has 1 aromatic heterocycles. The average Bonchev–Trinajstić information content (AvgIpc) is 2.78. The maximum atomic E-state index is 10.7. The molecule has 0 aliphatic heterocycles. The van der Waals surface area contributed by atoms with Crippen LogP contribution in [0, 0.1) is 0 Å². The fourth-order valence-corrected chi connectivity index (χ4v) is 2.53. The van der Waals surface area contributed by atoms with Gasteiger partial charge in [0.15, 0.2) is 0 Å². The molecular weight excluding hydrogens is 216 g/mol. The third-order valence-electron chi connectivity index (χ3n) is 3.62. The van der Waals surface area contributed by atoms with Crippen LogP contribution in [0.3, 0.4) is 0 Å². The van der Waals surface area contributed by atoms with Gasteiger partial charge >= 0.3 is 5.97 Å². The van der Waals surface area contributed by atoms with Gasteiger partial charge in [-0.3, -0.25) is 9.48 Å². The second-order valence-corrected chi connectivity index (χ2v) is 5.04. The van der Waals surface area contributed by atoms with Gasteiger partial charge in [-0.1, -0.05) is 26.2 Å². The number of hydrogen-bond acceptors (Lipinski definition) is 2. The van der Waals surface area contributed by atoms with E-state index in [0.29, 0.717) is 6.04 Å². The standard InChI is InChI=1S/C13H20N2O2/c1-10(7-13(16)17)11-8-14-15(9-11)12-5-3-2-4-6-12/h8-10,12H,2-7H2,1H3,(H,16,17). The largest absolute Gasteiger partial charge is 0.481 e. The van der Waals surface area contributed by atoms with Crippen LogP contribution in [0.25, 0.3) is 0 Å². The quantitative estimate of drug-likeness (QED) is 0.874. The summed E-state index contributed by atoms with van der Waals surface area (Å²) in [4.78, 5) is 10.7. The summed E-state index contributed by atoms with van der Waals surface area (Å²) in [6.45, 7) is 1.94. The van der Waals surface area contributed by atoms with Gasteiger partial charge in [-0.2, -0.15) is 5.10 Å². The second kappa shape index (κ2) is 5.34. The van der Waals surface area contributed by atoms with Crippen molar-refractivity contribution in [1.29, 1.82) is 0 Å². The lowest BCUT2D eigenvalue weighted by molar-refractivity contribution is -0.137. The van der Waals surface area contributed by atoms with E-state index >= 15 is 0 Å². The average molecular weight is 236 g/mol. The minimum atomic E-state index is -0.747. The van der Waals surface area contributed by atoms with Crippen molar-refractivity contribution in [2.75, 3.05) is 0 Å². The fraction of sp³-hybridized carbons (Fsp3) is 0.692. The smallest absolute Gasteiger partial charge is 0.303 e. The Hall–Kier alpha value is -1.32. The van der Waals surface area contributed by atoms with E-state index in [-0.39, 0.29) is 12.3 Å². The number of rotatable bonds is 4. The van der Waals surface area contributed by atoms with E-state index in [4.69, 9.17) is 5.11 Å².